The Labute approximate surface area is 167 Å². The lowest BCUT2D eigenvalue weighted by Gasteiger charge is -2.35. The lowest BCUT2D eigenvalue weighted by Crippen LogP contribution is -2.39. The van der Waals surface area contributed by atoms with E-state index in [0.717, 1.165) is 25.7 Å². The highest BCUT2D eigenvalue weighted by Gasteiger charge is 2.41. The average Bonchev–Trinajstić information content (AvgIpc) is 2.59. The number of alkyl halides is 3. The quantitative estimate of drug-likeness (QED) is 0.678. The molecule has 4 nitrogen and oxygen atoms in total. The Morgan fingerprint density at radius 2 is 1.76 bits per heavy atom. The minimum absolute atomic E-state index is 0.0224. The fourth-order valence-corrected chi connectivity index (χ4v) is 6.34. The van der Waals surface area contributed by atoms with Gasteiger partial charge in [0.25, 0.3) is 0 Å². The predicted octanol–water partition coefficient (Wildman–Crippen LogP) is 4.26. The molecule has 162 valence electrons. The molecule has 2 atom stereocenters. The molecule has 0 aromatic heterocycles. The molecule has 0 saturated heterocycles. The highest BCUT2D eigenvalue weighted by Crippen LogP contribution is 2.40. The van der Waals surface area contributed by atoms with Crippen molar-refractivity contribution in [3.05, 3.63) is 29.6 Å². The monoisotopic (exact) mass is 435 g/mol. The van der Waals surface area contributed by atoms with Gasteiger partial charge in [-0.3, -0.25) is 4.79 Å². The molecule has 2 fully saturated rings. The maximum atomic E-state index is 13.6. The third-order valence-electron chi connectivity index (χ3n) is 6.19. The number of carbonyl (C=O) groups excluding carboxylic acids is 1. The third-order valence-corrected chi connectivity index (χ3v) is 8.35. The molecule has 2 saturated carbocycles. The van der Waals surface area contributed by atoms with E-state index < -0.39 is 37.5 Å². The first-order valence-corrected chi connectivity index (χ1v) is 11.4. The first-order valence-electron chi connectivity index (χ1n) is 9.88. The van der Waals surface area contributed by atoms with Crippen molar-refractivity contribution in [2.24, 2.45) is 17.6 Å². The number of hydrogen-bond donors (Lipinski definition) is 1. The summed E-state index contributed by atoms with van der Waals surface area (Å²) < 4.78 is 77.3. The molecule has 0 spiro atoms. The number of sulfone groups is 1. The second kappa shape index (κ2) is 8.34. The summed E-state index contributed by atoms with van der Waals surface area (Å²) in [6, 6.07) is 1.29. The van der Waals surface area contributed by atoms with Crippen LogP contribution in [0.1, 0.15) is 56.9 Å². The zero-order valence-electron chi connectivity index (χ0n) is 15.9. The molecule has 29 heavy (non-hydrogen) atoms. The number of rotatable bonds is 6. The van der Waals surface area contributed by atoms with Crippen LogP contribution in [0.5, 0.6) is 0 Å². The number of nitrogens with two attached hydrogens (primary N) is 1. The van der Waals surface area contributed by atoms with Crippen LogP contribution in [0.2, 0.25) is 0 Å². The SMILES string of the molecule is N[C@@H]1CCCC[C@@H]1C(=O)CCC1CC(S(=O)(=O)c2cc(F)cc(C(F)(F)F)c2)C1. The van der Waals surface area contributed by atoms with Crippen LogP contribution in [0.3, 0.4) is 0 Å². The summed E-state index contributed by atoms with van der Waals surface area (Å²) >= 11 is 0. The lowest BCUT2D eigenvalue weighted by atomic mass is 9.77. The predicted molar refractivity (Wildman–Crippen MR) is 99.3 cm³/mol. The Bertz CT molecular complexity index is 863. The van der Waals surface area contributed by atoms with Crippen LogP contribution >= 0.6 is 0 Å². The summed E-state index contributed by atoms with van der Waals surface area (Å²) in [5.74, 6) is -1.22. The maximum Gasteiger partial charge on any atom is 0.416 e. The zero-order valence-corrected chi connectivity index (χ0v) is 16.7. The number of halogens is 4. The smallest absolute Gasteiger partial charge is 0.327 e. The average molecular weight is 435 g/mol. The maximum absolute atomic E-state index is 13.6. The molecule has 0 aliphatic heterocycles. The summed E-state index contributed by atoms with van der Waals surface area (Å²) in [6.07, 6.45) is 0.253. The van der Waals surface area contributed by atoms with E-state index in [2.05, 4.69) is 0 Å². The number of ketones is 1. The number of benzene rings is 1. The van der Waals surface area contributed by atoms with E-state index in [1.54, 1.807) is 0 Å². The lowest BCUT2D eigenvalue weighted by molar-refractivity contribution is -0.138. The van der Waals surface area contributed by atoms with E-state index in [1.165, 1.54) is 0 Å². The van der Waals surface area contributed by atoms with Gasteiger partial charge in [0.05, 0.1) is 15.7 Å². The van der Waals surface area contributed by atoms with Gasteiger partial charge in [-0.1, -0.05) is 12.8 Å². The van der Waals surface area contributed by atoms with Gasteiger partial charge in [-0.15, -0.1) is 0 Å². The van der Waals surface area contributed by atoms with Crippen LogP contribution in [0, 0.1) is 17.7 Å². The Balaban J connectivity index is 1.57. The van der Waals surface area contributed by atoms with Crippen molar-refractivity contribution in [1.82, 2.24) is 0 Å². The van der Waals surface area contributed by atoms with Gasteiger partial charge < -0.3 is 5.73 Å². The van der Waals surface area contributed by atoms with Gasteiger partial charge in [-0.05, 0) is 56.2 Å². The van der Waals surface area contributed by atoms with Crippen molar-refractivity contribution >= 4 is 15.6 Å². The van der Waals surface area contributed by atoms with Crippen LogP contribution in [-0.4, -0.2) is 25.5 Å². The fraction of sp³-hybridized carbons (Fsp3) is 0.650. The summed E-state index contributed by atoms with van der Waals surface area (Å²) in [5.41, 5.74) is 4.70. The van der Waals surface area contributed by atoms with Gasteiger partial charge >= 0.3 is 6.18 Å². The van der Waals surface area contributed by atoms with Crippen molar-refractivity contribution in [3.8, 4) is 0 Å². The number of hydrogen-bond acceptors (Lipinski definition) is 4. The van der Waals surface area contributed by atoms with E-state index in [9.17, 15) is 30.8 Å². The van der Waals surface area contributed by atoms with Gasteiger partial charge in [0.2, 0.25) is 0 Å². The first kappa shape index (κ1) is 22.2. The standard InChI is InChI=1S/C20H25F4NO3S/c21-14-9-13(20(22,23)24)10-16(11-14)29(27,28)15-7-12(8-15)5-6-19(26)17-3-1-2-4-18(17)25/h9-12,15,17-18H,1-8,25H2/t12?,15?,17-,18+/m0/s1. The van der Waals surface area contributed by atoms with Gasteiger partial charge in [-0.2, -0.15) is 13.2 Å². The van der Waals surface area contributed by atoms with E-state index in [0.29, 0.717) is 25.0 Å². The van der Waals surface area contributed by atoms with Gasteiger partial charge in [-0.25, -0.2) is 12.8 Å². The van der Waals surface area contributed by atoms with Gasteiger partial charge in [0.1, 0.15) is 11.6 Å². The van der Waals surface area contributed by atoms with E-state index in [-0.39, 0.29) is 42.6 Å². The molecular weight excluding hydrogens is 410 g/mol. The summed E-state index contributed by atoms with van der Waals surface area (Å²) in [6.45, 7) is 0. The van der Waals surface area contributed by atoms with Crippen molar-refractivity contribution in [2.45, 2.75) is 73.7 Å². The molecule has 0 bridgehead atoms. The highest BCUT2D eigenvalue weighted by molar-refractivity contribution is 7.92. The molecule has 0 radical (unpaired) electrons. The third kappa shape index (κ3) is 4.99. The summed E-state index contributed by atoms with van der Waals surface area (Å²) in [4.78, 5) is 11.7. The minimum atomic E-state index is -4.82. The Hall–Kier alpha value is -1.48. The Morgan fingerprint density at radius 3 is 2.38 bits per heavy atom. The van der Waals surface area contributed by atoms with Crippen molar-refractivity contribution in [1.29, 1.82) is 0 Å². The molecule has 0 amide bonds. The summed E-state index contributed by atoms with van der Waals surface area (Å²) in [5, 5.41) is -0.845. The molecule has 2 aliphatic rings. The molecule has 1 aromatic carbocycles. The fourth-order valence-electron chi connectivity index (χ4n) is 4.34. The van der Waals surface area contributed by atoms with Crippen molar-refractivity contribution in [2.75, 3.05) is 0 Å². The molecule has 0 unspecified atom stereocenters. The van der Waals surface area contributed by atoms with E-state index in [4.69, 9.17) is 5.73 Å². The Morgan fingerprint density at radius 1 is 1.10 bits per heavy atom. The van der Waals surface area contributed by atoms with Crippen LogP contribution < -0.4 is 5.73 Å². The summed E-state index contributed by atoms with van der Waals surface area (Å²) in [7, 11) is -4.05. The first-order chi connectivity index (χ1) is 13.5. The van der Waals surface area contributed by atoms with Crippen LogP contribution in [0.15, 0.2) is 23.1 Å². The largest absolute Gasteiger partial charge is 0.416 e. The topological polar surface area (TPSA) is 77.2 Å². The molecule has 9 heteroatoms. The normalized spacial score (nSPS) is 28.0. The van der Waals surface area contributed by atoms with Crippen LogP contribution in [0.25, 0.3) is 0 Å². The number of carbonyl (C=O) groups is 1. The molecule has 3 rings (SSSR count). The molecule has 2 N–H and O–H groups in total. The highest BCUT2D eigenvalue weighted by atomic mass is 32.2. The van der Waals surface area contributed by atoms with Gasteiger partial charge in [0.15, 0.2) is 9.84 Å². The molecule has 2 aliphatic carbocycles. The van der Waals surface area contributed by atoms with E-state index in [1.807, 2.05) is 0 Å². The molecule has 0 heterocycles. The molecular formula is C20H25F4NO3S. The second-order valence-electron chi connectivity index (χ2n) is 8.24. The van der Waals surface area contributed by atoms with E-state index >= 15 is 0 Å². The minimum Gasteiger partial charge on any atom is -0.327 e. The van der Waals surface area contributed by atoms with Gasteiger partial charge in [0, 0.05) is 18.4 Å². The van der Waals surface area contributed by atoms with Crippen molar-refractivity contribution in [3.63, 3.8) is 0 Å². The Kier molecular flexibility index (Phi) is 6.38. The van der Waals surface area contributed by atoms with Crippen LogP contribution in [-0.2, 0) is 20.8 Å². The second-order valence-corrected chi connectivity index (χ2v) is 10.5. The van der Waals surface area contributed by atoms with Crippen molar-refractivity contribution < 1.29 is 30.8 Å². The molecule has 1 aromatic rings. The zero-order chi connectivity index (χ0) is 21.4. The number of Topliss-reactive ketones (excluding diaryl/α,β-unsaturated/α-hetero) is 1. The van der Waals surface area contributed by atoms with Crippen LogP contribution in [0.4, 0.5) is 17.6 Å².